The van der Waals surface area contributed by atoms with E-state index >= 15 is 0 Å². The van der Waals surface area contributed by atoms with E-state index in [1.165, 1.54) is 11.1 Å². The van der Waals surface area contributed by atoms with Crippen molar-refractivity contribution in [1.29, 1.82) is 0 Å². The van der Waals surface area contributed by atoms with Gasteiger partial charge in [-0.1, -0.05) is 100 Å². The Bertz CT molecular complexity index is 947. The molecule has 0 saturated carbocycles. The predicted octanol–water partition coefficient (Wildman–Crippen LogP) is 6.57. The van der Waals surface area contributed by atoms with E-state index in [4.69, 9.17) is 18.9 Å². The summed E-state index contributed by atoms with van der Waals surface area (Å²) < 4.78 is 25.9. The van der Waals surface area contributed by atoms with Crippen molar-refractivity contribution < 1.29 is 18.9 Å². The third-order valence-corrected chi connectivity index (χ3v) is 12.5. The Kier molecular flexibility index (Phi) is 7.94. The number of epoxide rings is 1. The summed E-state index contributed by atoms with van der Waals surface area (Å²) in [5, 5.41) is -0.0627. The van der Waals surface area contributed by atoms with E-state index in [9.17, 15) is 0 Å². The van der Waals surface area contributed by atoms with Gasteiger partial charge in [0.2, 0.25) is 0 Å². The van der Waals surface area contributed by atoms with Gasteiger partial charge in [0.15, 0.2) is 5.79 Å². The highest BCUT2D eigenvalue weighted by Crippen LogP contribution is 2.54. The molecule has 2 heterocycles. The highest BCUT2D eigenvalue weighted by molar-refractivity contribution is 6.80. The van der Waals surface area contributed by atoms with Crippen molar-refractivity contribution in [2.24, 2.45) is 11.8 Å². The lowest BCUT2D eigenvalue weighted by Crippen LogP contribution is -2.57. The summed E-state index contributed by atoms with van der Waals surface area (Å²) in [6, 6.07) is 22.3. The van der Waals surface area contributed by atoms with Gasteiger partial charge in [-0.25, -0.2) is 0 Å². The molecule has 0 bridgehead atoms. The summed E-state index contributed by atoms with van der Waals surface area (Å²) in [5.74, 6) is -0.173. The fraction of sp³-hybridized carbons (Fsp3) is 0.600. The number of hydrogen-bond donors (Lipinski definition) is 0. The summed E-state index contributed by atoms with van der Waals surface area (Å²) in [7, 11) is -1.76. The molecule has 0 radical (unpaired) electrons. The Morgan fingerprint density at radius 3 is 2.11 bits per heavy atom. The topological polar surface area (TPSA) is 40.2 Å². The summed E-state index contributed by atoms with van der Waals surface area (Å²) >= 11 is 0. The molecule has 2 aromatic rings. The van der Waals surface area contributed by atoms with Crippen molar-refractivity contribution in [3.63, 3.8) is 0 Å². The van der Waals surface area contributed by atoms with Crippen LogP contribution in [0.25, 0.3) is 0 Å². The molecule has 35 heavy (non-hydrogen) atoms. The first kappa shape index (κ1) is 26.6. The first-order chi connectivity index (χ1) is 16.6. The molecule has 0 N–H and O–H groups in total. The van der Waals surface area contributed by atoms with Crippen LogP contribution in [-0.2, 0) is 31.6 Å². The van der Waals surface area contributed by atoms with Gasteiger partial charge in [-0.05, 0) is 31.9 Å². The van der Waals surface area contributed by atoms with Crippen LogP contribution in [-0.4, -0.2) is 44.0 Å². The summed E-state index contributed by atoms with van der Waals surface area (Å²) in [6.45, 7) is 17.1. The van der Waals surface area contributed by atoms with Gasteiger partial charge in [0.1, 0.15) is 6.10 Å². The molecule has 2 aliphatic heterocycles. The van der Waals surface area contributed by atoms with Gasteiger partial charge < -0.3 is 18.9 Å². The first-order valence-electron chi connectivity index (χ1n) is 13.3. The van der Waals surface area contributed by atoms with E-state index in [1.807, 2.05) is 19.9 Å². The molecule has 2 aromatic carbocycles. The van der Waals surface area contributed by atoms with Crippen LogP contribution in [0.4, 0.5) is 0 Å². The maximum absolute atomic E-state index is 6.71. The second-order valence-electron chi connectivity index (χ2n) is 11.7. The molecule has 5 heteroatoms. The molecule has 4 rings (SSSR count). The Morgan fingerprint density at radius 1 is 0.914 bits per heavy atom. The smallest absolute Gasteiger partial charge is 0.163 e. The quantitative estimate of drug-likeness (QED) is 0.275. The van der Waals surface area contributed by atoms with Crippen molar-refractivity contribution in [1.82, 2.24) is 0 Å². The zero-order valence-electron chi connectivity index (χ0n) is 22.6. The van der Waals surface area contributed by atoms with Gasteiger partial charge in [0, 0.05) is 11.8 Å². The highest BCUT2D eigenvalue weighted by Gasteiger charge is 2.69. The lowest BCUT2D eigenvalue weighted by atomic mass is 9.85. The fourth-order valence-electron chi connectivity index (χ4n) is 6.18. The van der Waals surface area contributed by atoms with Crippen LogP contribution in [0.1, 0.15) is 52.2 Å². The van der Waals surface area contributed by atoms with Gasteiger partial charge in [-0.3, -0.25) is 0 Å². The maximum atomic E-state index is 6.71. The fourth-order valence-corrected chi connectivity index (χ4v) is 10.1. The van der Waals surface area contributed by atoms with Gasteiger partial charge >= 0.3 is 0 Å². The third-order valence-electron chi connectivity index (χ3n) is 8.13. The molecule has 192 valence electrons. The van der Waals surface area contributed by atoms with Crippen LogP contribution < -0.4 is 0 Å². The van der Waals surface area contributed by atoms with Crippen molar-refractivity contribution >= 4 is 8.07 Å². The standard InChI is InChI=1S/C30H44O4Si/c1-8-30(35(6,7)21-25-17-13-10-14-18-25)28(34-30)27-23(3)26(32-29(4,5)33-27)22(2)19-31-20-24-15-11-9-12-16-24/h9-18,22-23,26-28H,8,19-21H2,1-7H3/t22-,23+,26-,27-,28+,30-/m0/s1. The number of rotatable bonds is 10. The molecule has 6 atom stereocenters. The molecular formula is C30H44O4Si. The Hall–Kier alpha value is -1.50. The highest BCUT2D eigenvalue weighted by atomic mass is 28.3. The first-order valence-corrected chi connectivity index (χ1v) is 16.5. The van der Waals surface area contributed by atoms with Crippen LogP contribution in [0, 0.1) is 11.8 Å². The lowest BCUT2D eigenvalue weighted by Gasteiger charge is -2.47. The second-order valence-corrected chi connectivity index (χ2v) is 16.7. The summed E-state index contributed by atoms with van der Waals surface area (Å²) in [4.78, 5) is 0. The molecular weight excluding hydrogens is 452 g/mol. The average Bonchev–Trinajstić information content (AvgIpc) is 3.58. The van der Waals surface area contributed by atoms with E-state index in [2.05, 4.69) is 88.5 Å². The zero-order valence-corrected chi connectivity index (χ0v) is 23.6. The van der Waals surface area contributed by atoms with Gasteiger partial charge in [0.05, 0.1) is 38.7 Å². The van der Waals surface area contributed by atoms with E-state index < -0.39 is 13.9 Å². The third kappa shape index (κ3) is 5.75. The minimum absolute atomic E-state index is 0.0165. The summed E-state index contributed by atoms with van der Waals surface area (Å²) in [5.41, 5.74) is 2.61. The Morgan fingerprint density at radius 2 is 1.51 bits per heavy atom. The minimum atomic E-state index is -1.76. The van der Waals surface area contributed by atoms with Crippen LogP contribution in [0.15, 0.2) is 60.7 Å². The van der Waals surface area contributed by atoms with E-state index in [0.717, 1.165) is 12.5 Å². The Balaban J connectivity index is 1.45. The van der Waals surface area contributed by atoms with Crippen LogP contribution in [0.2, 0.25) is 13.1 Å². The number of hydrogen-bond acceptors (Lipinski definition) is 4. The van der Waals surface area contributed by atoms with Crippen LogP contribution >= 0.6 is 0 Å². The van der Waals surface area contributed by atoms with Crippen molar-refractivity contribution in [2.75, 3.05) is 6.61 Å². The van der Waals surface area contributed by atoms with Gasteiger partial charge in [-0.2, -0.15) is 0 Å². The van der Waals surface area contributed by atoms with Gasteiger partial charge in [0.25, 0.3) is 0 Å². The number of benzene rings is 2. The molecule has 0 aromatic heterocycles. The summed E-state index contributed by atoms with van der Waals surface area (Å²) in [6.07, 6.45) is 1.22. The zero-order chi connectivity index (χ0) is 25.3. The molecule has 2 aliphatic rings. The Labute approximate surface area is 213 Å². The van der Waals surface area contributed by atoms with Crippen molar-refractivity contribution in [2.45, 2.75) is 96.1 Å². The molecule has 4 nitrogen and oxygen atoms in total. The van der Waals surface area contributed by atoms with Crippen molar-refractivity contribution in [3.05, 3.63) is 71.8 Å². The van der Waals surface area contributed by atoms with Crippen LogP contribution in [0.5, 0.6) is 0 Å². The van der Waals surface area contributed by atoms with E-state index in [1.54, 1.807) is 0 Å². The second kappa shape index (κ2) is 10.5. The van der Waals surface area contributed by atoms with E-state index in [0.29, 0.717) is 13.2 Å². The normalized spacial score (nSPS) is 31.2. The molecule has 2 fully saturated rings. The predicted molar refractivity (Wildman–Crippen MR) is 144 cm³/mol. The largest absolute Gasteiger partial charge is 0.376 e. The molecule has 2 saturated heterocycles. The number of ether oxygens (including phenoxy) is 4. The van der Waals surface area contributed by atoms with Crippen molar-refractivity contribution in [3.8, 4) is 0 Å². The maximum Gasteiger partial charge on any atom is 0.163 e. The average molecular weight is 497 g/mol. The molecule has 0 amide bonds. The molecule has 0 spiro atoms. The minimum Gasteiger partial charge on any atom is -0.376 e. The monoisotopic (exact) mass is 496 g/mol. The lowest BCUT2D eigenvalue weighted by molar-refractivity contribution is -0.331. The molecule has 0 unspecified atom stereocenters. The van der Waals surface area contributed by atoms with E-state index in [-0.39, 0.29) is 35.4 Å². The SMILES string of the molecule is CC[C@@]1([Si](C)(C)Cc2ccccc2)O[C@@H]1[C@H]1OC(C)(C)O[C@@H]([C@@H](C)COCc2ccccc2)[C@H]1C. The molecule has 0 aliphatic carbocycles. The van der Waals surface area contributed by atoms with Gasteiger partial charge in [-0.15, -0.1) is 0 Å². The van der Waals surface area contributed by atoms with Crippen LogP contribution in [0.3, 0.4) is 0 Å².